The minimum Gasteiger partial charge on any atom is -0.381 e. The quantitative estimate of drug-likeness (QED) is 0.454. The van der Waals surface area contributed by atoms with Crippen LogP contribution in [-0.4, -0.2) is 49.7 Å². The smallest absolute Gasteiger partial charge is 0.194 e. The van der Waals surface area contributed by atoms with Gasteiger partial charge in [-0.05, 0) is 39.0 Å². The number of guanidine groups is 1. The average Bonchev–Trinajstić information content (AvgIpc) is 2.93. The van der Waals surface area contributed by atoms with Gasteiger partial charge in [0, 0.05) is 37.7 Å². The molecule has 1 atom stereocenters. The maximum absolute atomic E-state index is 5.60. The van der Waals surface area contributed by atoms with Gasteiger partial charge in [0.2, 0.25) is 0 Å². The highest BCUT2D eigenvalue weighted by Gasteiger charge is 2.42. The van der Waals surface area contributed by atoms with Crippen molar-refractivity contribution in [3.8, 4) is 0 Å². The highest BCUT2D eigenvalue weighted by Crippen LogP contribution is 2.38. The van der Waals surface area contributed by atoms with Gasteiger partial charge >= 0.3 is 0 Å². The second-order valence-electron chi connectivity index (χ2n) is 6.04. The molecule has 110 valence electrons. The summed E-state index contributed by atoms with van der Waals surface area (Å²) in [7, 11) is 0. The molecule has 3 aliphatic rings. The first-order chi connectivity index (χ1) is 8.81. The molecular formula is C14H26IN3O. The van der Waals surface area contributed by atoms with E-state index in [4.69, 9.17) is 4.74 Å². The summed E-state index contributed by atoms with van der Waals surface area (Å²) in [4.78, 5) is 7.13. The molecule has 2 aliphatic heterocycles. The molecule has 4 nitrogen and oxygen atoms in total. The molecule has 0 amide bonds. The second kappa shape index (κ2) is 6.61. The van der Waals surface area contributed by atoms with Gasteiger partial charge in [-0.3, -0.25) is 4.99 Å². The van der Waals surface area contributed by atoms with E-state index in [1.54, 1.807) is 0 Å². The van der Waals surface area contributed by atoms with Crippen LogP contribution < -0.4 is 5.32 Å². The summed E-state index contributed by atoms with van der Waals surface area (Å²) in [5, 5.41) is 3.64. The molecule has 0 aromatic rings. The molecular weight excluding hydrogens is 353 g/mol. The Morgan fingerprint density at radius 2 is 2.26 bits per heavy atom. The van der Waals surface area contributed by atoms with Gasteiger partial charge in [-0.15, -0.1) is 24.0 Å². The van der Waals surface area contributed by atoms with Crippen LogP contribution in [0.1, 0.15) is 39.0 Å². The molecule has 0 radical (unpaired) electrons. The van der Waals surface area contributed by atoms with Crippen molar-refractivity contribution in [2.75, 3.05) is 32.8 Å². The topological polar surface area (TPSA) is 36.9 Å². The molecule has 2 heterocycles. The van der Waals surface area contributed by atoms with E-state index in [0.717, 1.165) is 38.8 Å². The largest absolute Gasteiger partial charge is 0.381 e. The average molecular weight is 379 g/mol. The van der Waals surface area contributed by atoms with Crippen molar-refractivity contribution in [2.24, 2.45) is 10.4 Å². The fraction of sp³-hybridized carbons (Fsp3) is 0.929. The molecule has 19 heavy (non-hydrogen) atoms. The standard InChI is InChI=1S/C14H25N3O.HI/c1-2-15-13(16-12-4-3-5-12)17-8-6-14(10-17)7-9-18-11-14;/h12H,2-11H2,1H3,(H,15,16);1H. The Bertz CT molecular complexity index is 325. The number of halogens is 1. The van der Waals surface area contributed by atoms with Crippen molar-refractivity contribution >= 4 is 29.9 Å². The highest BCUT2D eigenvalue weighted by atomic mass is 127. The van der Waals surface area contributed by atoms with E-state index in [9.17, 15) is 0 Å². The van der Waals surface area contributed by atoms with E-state index >= 15 is 0 Å². The van der Waals surface area contributed by atoms with E-state index in [0.29, 0.717) is 11.5 Å². The minimum absolute atomic E-state index is 0. The second-order valence-corrected chi connectivity index (χ2v) is 6.04. The van der Waals surface area contributed by atoms with Crippen LogP contribution in [0.15, 0.2) is 4.99 Å². The van der Waals surface area contributed by atoms with E-state index in [1.165, 1.54) is 32.1 Å². The van der Waals surface area contributed by atoms with Crippen LogP contribution in [0.4, 0.5) is 0 Å². The molecule has 1 unspecified atom stereocenters. The number of ether oxygens (including phenoxy) is 1. The number of likely N-dealkylation sites (tertiary alicyclic amines) is 1. The molecule has 1 saturated carbocycles. The summed E-state index contributed by atoms with van der Waals surface area (Å²) in [6.07, 6.45) is 6.49. The predicted octanol–water partition coefficient (Wildman–Crippen LogP) is 2.23. The van der Waals surface area contributed by atoms with Crippen molar-refractivity contribution in [2.45, 2.75) is 45.1 Å². The molecule has 5 heteroatoms. The summed E-state index contributed by atoms with van der Waals surface area (Å²) in [6, 6.07) is 0.673. The summed E-state index contributed by atoms with van der Waals surface area (Å²) in [5.74, 6) is 1.14. The van der Waals surface area contributed by atoms with Gasteiger partial charge in [0.1, 0.15) is 0 Å². The number of aliphatic imine (C=N–C) groups is 1. The Morgan fingerprint density at radius 3 is 2.84 bits per heavy atom. The van der Waals surface area contributed by atoms with Gasteiger partial charge in [-0.25, -0.2) is 0 Å². The summed E-state index contributed by atoms with van der Waals surface area (Å²) in [6.45, 7) is 7.16. The van der Waals surface area contributed by atoms with Gasteiger partial charge in [0.15, 0.2) is 5.96 Å². The van der Waals surface area contributed by atoms with Gasteiger partial charge in [0.25, 0.3) is 0 Å². The lowest BCUT2D eigenvalue weighted by Crippen LogP contribution is -2.48. The Morgan fingerprint density at radius 1 is 1.42 bits per heavy atom. The predicted molar refractivity (Wildman–Crippen MR) is 88.2 cm³/mol. The van der Waals surface area contributed by atoms with Gasteiger partial charge < -0.3 is 15.0 Å². The lowest BCUT2D eigenvalue weighted by atomic mass is 9.87. The van der Waals surface area contributed by atoms with Crippen molar-refractivity contribution in [1.82, 2.24) is 10.2 Å². The molecule has 1 spiro atoms. The lowest BCUT2D eigenvalue weighted by Gasteiger charge is -2.32. The number of nitrogens with one attached hydrogen (secondary N) is 1. The van der Waals surface area contributed by atoms with Gasteiger partial charge in [-0.2, -0.15) is 0 Å². The summed E-state index contributed by atoms with van der Waals surface area (Å²) >= 11 is 0. The number of hydrogen-bond donors (Lipinski definition) is 1. The zero-order valence-electron chi connectivity index (χ0n) is 11.9. The minimum atomic E-state index is 0. The lowest BCUT2D eigenvalue weighted by molar-refractivity contribution is 0.156. The van der Waals surface area contributed by atoms with Crippen LogP contribution in [0.5, 0.6) is 0 Å². The normalized spacial score (nSPS) is 31.4. The summed E-state index contributed by atoms with van der Waals surface area (Å²) in [5.41, 5.74) is 0.426. The van der Waals surface area contributed by atoms with Crippen LogP contribution >= 0.6 is 24.0 Å². The monoisotopic (exact) mass is 379 g/mol. The first-order valence-corrected chi connectivity index (χ1v) is 7.45. The van der Waals surface area contributed by atoms with Crippen LogP contribution in [0.2, 0.25) is 0 Å². The van der Waals surface area contributed by atoms with E-state index < -0.39 is 0 Å². The molecule has 1 aliphatic carbocycles. The first-order valence-electron chi connectivity index (χ1n) is 7.45. The molecule has 2 saturated heterocycles. The fourth-order valence-electron chi connectivity index (χ4n) is 3.21. The maximum atomic E-state index is 5.60. The Hall–Kier alpha value is -0.0400. The van der Waals surface area contributed by atoms with Crippen LogP contribution in [0.25, 0.3) is 0 Å². The number of rotatable bonds is 2. The third-order valence-corrected chi connectivity index (χ3v) is 4.67. The fourth-order valence-corrected chi connectivity index (χ4v) is 3.21. The van der Waals surface area contributed by atoms with Crippen molar-refractivity contribution in [3.05, 3.63) is 0 Å². The van der Waals surface area contributed by atoms with E-state index in [1.807, 2.05) is 0 Å². The van der Waals surface area contributed by atoms with E-state index in [2.05, 4.69) is 22.1 Å². The van der Waals surface area contributed by atoms with Crippen molar-refractivity contribution < 1.29 is 4.74 Å². The van der Waals surface area contributed by atoms with Crippen LogP contribution in [0, 0.1) is 5.41 Å². The van der Waals surface area contributed by atoms with Crippen LogP contribution in [0.3, 0.4) is 0 Å². The maximum Gasteiger partial charge on any atom is 0.194 e. The van der Waals surface area contributed by atoms with Gasteiger partial charge in [0.05, 0.1) is 6.61 Å². The molecule has 0 bridgehead atoms. The SMILES string of the molecule is CCN=C(NC1CCC1)N1CCC2(CCOC2)C1.I. The Kier molecular flexibility index (Phi) is 5.34. The zero-order valence-corrected chi connectivity index (χ0v) is 14.2. The number of hydrogen-bond acceptors (Lipinski definition) is 2. The summed E-state index contributed by atoms with van der Waals surface area (Å²) < 4.78 is 5.60. The van der Waals surface area contributed by atoms with Gasteiger partial charge in [-0.1, -0.05) is 0 Å². The molecule has 3 fully saturated rings. The Balaban J connectivity index is 0.00000133. The van der Waals surface area contributed by atoms with E-state index in [-0.39, 0.29) is 24.0 Å². The third-order valence-electron chi connectivity index (χ3n) is 4.67. The third kappa shape index (κ3) is 3.35. The van der Waals surface area contributed by atoms with Crippen LogP contribution in [-0.2, 0) is 4.74 Å². The molecule has 0 aromatic heterocycles. The highest BCUT2D eigenvalue weighted by molar-refractivity contribution is 14.0. The molecule has 0 aromatic carbocycles. The zero-order chi connectivity index (χ0) is 12.4. The van der Waals surface area contributed by atoms with Crippen molar-refractivity contribution in [3.63, 3.8) is 0 Å². The number of nitrogens with zero attached hydrogens (tertiary/aromatic N) is 2. The Labute approximate surface area is 133 Å². The first kappa shape index (κ1) is 15.4. The van der Waals surface area contributed by atoms with Crippen molar-refractivity contribution in [1.29, 1.82) is 0 Å². The molecule has 1 N–H and O–H groups in total. The molecule has 3 rings (SSSR count).